The topological polar surface area (TPSA) is 75.4 Å². The molecule has 114 valence electrons. The number of sulfonamides is 1. The standard InChI is InChI=1S/C14H19N3O2S2/c1-10-7-12(16-15)8-11(2)14(10)21(18,19)17(3)9-13-5-4-6-20-13/h4-8,16H,9,15H2,1-3H3. The van der Waals surface area contributed by atoms with Crippen molar-refractivity contribution in [2.75, 3.05) is 12.5 Å². The summed E-state index contributed by atoms with van der Waals surface area (Å²) in [6.45, 7) is 3.93. The molecular formula is C14H19N3O2S2. The fourth-order valence-electron chi connectivity index (χ4n) is 2.30. The minimum atomic E-state index is -3.53. The van der Waals surface area contributed by atoms with Gasteiger partial charge in [0.25, 0.3) is 0 Å². The van der Waals surface area contributed by atoms with Gasteiger partial charge in [-0.25, -0.2) is 8.42 Å². The van der Waals surface area contributed by atoms with Crippen LogP contribution in [0.4, 0.5) is 5.69 Å². The van der Waals surface area contributed by atoms with Crippen LogP contribution in [0.5, 0.6) is 0 Å². The molecule has 1 aromatic heterocycles. The molecule has 0 aliphatic heterocycles. The predicted octanol–water partition coefficient (Wildman–Crippen LogP) is 2.47. The molecule has 3 N–H and O–H groups in total. The van der Waals surface area contributed by atoms with Crippen molar-refractivity contribution in [1.82, 2.24) is 4.31 Å². The average molecular weight is 325 g/mol. The molecule has 0 unspecified atom stereocenters. The lowest BCUT2D eigenvalue weighted by Crippen LogP contribution is -2.27. The second-order valence-corrected chi connectivity index (χ2v) is 7.94. The number of nitrogen functional groups attached to an aromatic ring is 1. The van der Waals surface area contributed by atoms with Gasteiger partial charge in [0.15, 0.2) is 0 Å². The zero-order chi connectivity index (χ0) is 15.6. The zero-order valence-corrected chi connectivity index (χ0v) is 13.9. The van der Waals surface area contributed by atoms with Crippen LogP contribution < -0.4 is 11.3 Å². The minimum Gasteiger partial charge on any atom is -0.324 e. The van der Waals surface area contributed by atoms with Crippen LogP contribution in [-0.2, 0) is 16.6 Å². The van der Waals surface area contributed by atoms with Gasteiger partial charge in [0.2, 0.25) is 10.0 Å². The number of hydrogen-bond donors (Lipinski definition) is 2. The number of thiophene rings is 1. The summed E-state index contributed by atoms with van der Waals surface area (Å²) in [4.78, 5) is 1.36. The number of anilines is 1. The lowest BCUT2D eigenvalue weighted by Gasteiger charge is -2.20. The third-order valence-corrected chi connectivity index (χ3v) is 6.22. The molecule has 21 heavy (non-hydrogen) atoms. The molecule has 2 rings (SSSR count). The van der Waals surface area contributed by atoms with Gasteiger partial charge in [-0.2, -0.15) is 4.31 Å². The van der Waals surface area contributed by atoms with E-state index in [4.69, 9.17) is 5.84 Å². The Kier molecular flexibility index (Phi) is 4.67. The van der Waals surface area contributed by atoms with E-state index in [1.165, 1.54) is 4.31 Å². The summed E-state index contributed by atoms with van der Waals surface area (Å²) in [5, 5.41) is 1.94. The lowest BCUT2D eigenvalue weighted by molar-refractivity contribution is 0.468. The first-order valence-electron chi connectivity index (χ1n) is 6.43. The van der Waals surface area contributed by atoms with Crippen molar-refractivity contribution in [2.24, 2.45) is 5.84 Å². The molecule has 1 heterocycles. The van der Waals surface area contributed by atoms with Crippen molar-refractivity contribution in [3.05, 3.63) is 45.6 Å². The Morgan fingerprint density at radius 1 is 1.29 bits per heavy atom. The molecule has 7 heteroatoms. The highest BCUT2D eigenvalue weighted by Crippen LogP contribution is 2.27. The van der Waals surface area contributed by atoms with E-state index in [0.29, 0.717) is 28.3 Å². The van der Waals surface area contributed by atoms with Crippen molar-refractivity contribution in [2.45, 2.75) is 25.3 Å². The summed E-state index contributed by atoms with van der Waals surface area (Å²) in [5.74, 6) is 5.39. The second-order valence-electron chi connectivity index (χ2n) is 4.92. The summed E-state index contributed by atoms with van der Waals surface area (Å²) in [6.07, 6.45) is 0. The second kappa shape index (κ2) is 6.15. The molecule has 0 spiro atoms. The van der Waals surface area contributed by atoms with E-state index >= 15 is 0 Å². The highest BCUT2D eigenvalue weighted by atomic mass is 32.2. The fourth-order valence-corrected chi connectivity index (χ4v) is 4.69. The van der Waals surface area contributed by atoms with Gasteiger partial charge in [0, 0.05) is 24.2 Å². The van der Waals surface area contributed by atoms with E-state index in [-0.39, 0.29) is 0 Å². The lowest BCUT2D eigenvalue weighted by atomic mass is 10.1. The first-order valence-corrected chi connectivity index (χ1v) is 8.75. The Hall–Kier alpha value is -1.41. The Bertz CT molecular complexity index is 702. The number of nitrogens with two attached hydrogens (primary N) is 1. The maximum Gasteiger partial charge on any atom is 0.243 e. The number of nitrogens with one attached hydrogen (secondary N) is 1. The van der Waals surface area contributed by atoms with Gasteiger partial charge in [-0.1, -0.05) is 6.07 Å². The molecule has 0 amide bonds. The third-order valence-electron chi connectivity index (χ3n) is 3.25. The van der Waals surface area contributed by atoms with E-state index in [2.05, 4.69) is 5.43 Å². The quantitative estimate of drug-likeness (QED) is 0.654. The van der Waals surface area contributed by atoms with Gasteiger partial charge >= 0.3 is 0 Å². The maximum atomic E-state index is 12.8. The van der Waals surface area contributed by atoms with Gasteiger partial charge in [-0.15, -0.1) is 11.3 Å². The van der Waals surface area contributed by atoms with Crippen LogP contribution in [0.2, 0.25) is 0 Å². The summed E-state index contributed by atoms with van der Waals surface area (Å²) in [7, 11) is -1.93. The van der Waals surface area contributed by atoms with Crippen LogP contribution in [0.3, 0.4) is 0 Å². The molecule has 5 nitrogen and oxygen atoms in total. The minimum absolute atomic E-state index is 0.348. The summed E-state index contributed by atoms with van der Waals surface area (Å²) in [6, 6.07) is 7.31. The average Bonchev–Trinajstić information content (AvgIpc) is 2.90. The van der Waals surface area contributed by atoms with E-state index in [0.717, 1.165) is 4.88 Å². The molecule has 1 aromatic carbocycles. The molecular weight excluding hydrogens is 306 g/mol. The first-order chi connectivity index (χ1) is 9.86. The van der Waals surface area contributed by atoms with Crippen molar-refractivity contribution in [3.8, 4) is 0 Å². The van der Waals surface area contributed by atoms with Gasteiger partial charge in [-0.3, -0.25) is 5.84 Å². The highest BCUT2D eigenvalue weighted by Gasteiger charge is 2.25. The molecule has 0 aliphatic rings. The van der Waals surface area contributed by atoms with Crippen LogP contribution in [0, 0.1) is 13.8 Å². The zero-order valence-electron chi connectivity index (χ0n) is 12.3. The van der Waals surface area contributed by atoms with Gasteiger partial charge in [0.1, 0.15) is 0 Å². The molecule has 0 saturated heterocycles. The SMILES string of the molecule is Cc1cc(NN)cc(C)c1S(=O)(=O)N(C)Cc1cccs1. The molecule has 0 atom stereocenters. The number of rotatable bonds is 5. The number of hydrazine groups is 1. The smallest absolute Gasteiger partial charge is 0.243 e. The van der Waals surface area contributed by atoms with E-state index in [1.807, 2.05) is 17.5 Å². The Balaban J connectivity index is 2.39. The third kappa shape index (κ3) is 3.26. The van der Waals surface area contributed by atoms with Crippen molar-refractivity contribution < 1.29 is 8.42 Å². The molecule has 0 radical (unpaired) electrons. The first kappa shape index (κ1) is 16.0. The van der Waals surface area contributed by atoms with Crippen LogP contribution in [0.1, 0.15) is 16.0 Å². The Labute approximate surface area is 129 Å². The van der Waals surface area contributed by atoms with Gasteiger partial charge < -0.3 is 5.43 Å². The Morgan fingerprint density at radius 3 is 2.38 bits per heavy atom. The summed E-state index contributed by atoms with van der Waals surface area (Å²) in [5.41, 5.74) is 4.61. The maximum absolute atomic E-state index is 12.8. The van der Waals surface area contributed by atoms with Crippen LogP contribution in [0.15, 0.2) is 34.5 Å². The van der Waals surface area contributed by atoms with Crippen molar-refractivity contribution >= 4 is 27.0 Å². The van der Waals surface area contributed by atoms with E-state index < -0.39 is 10.0 Å². The largest absolute Gasteiger partial charge is 0.324 e. The number of aryl methyl sites for hydroxylation is 2. The summed E-state index contributed by atoms with van der Waals surface area (Å²) < 4.78 is 26.9. The molecule has 0 saturated carbocycles. The molecule has 0 aliphatic carbocycles. The molecule has 0 bridgehead atoms. The van der Waals surface area contributed by atoms with E-state index in [1.54, 1.807) is 44.4 Å². The molecule has 0 fully saturated rings. The highest BCUT2D eigenvalue weighted by molar-refractivity contribution is 7.89. The number of hydrogen-bond acceptors (Lipinski definition) is 5. The van der Waals surface area contributed by atoms with Gasteiger partial charge in [-0.05, 0) is 48.6 Å². The van der Waals surface area contributed by atoms with E-state index in [9.17, 15) is 8.42 Å². The monoisotopic (exact) mass is 325 g/mol. The van der Waals surface area contributed by atoms with Crippen molar-refractivity contribution in [1.29, 1.82) is 0 Å². The normalized spacial score (nSPS) is 11.9. The van der Waals surface area contributed by atoms with Crippen LogP contribution >= 0.6 is 11.3 Å². The number of nitrogens with zero attached hydrogens (tertiary/aromatic N) is 1. The van der Waals surface area contributed by atoms with Gasteiger partial charge in [0.05, 0.1) is 4.90 Å². The van der Waals surface area contributed by atoms with Crippen LogP contribution in [-0.4, -0.2) is 19.8 Å². The predicted molar refractivity (Wildman–Crippen MR) is 86.7 cm³/mol. The van der Waals surface area contributed by atoms with Crippen molar-refractivity contribution in [3.63, 3.8) is 0 Å². The number of benzene rings is 1. The Morgan fingerprint density at radius 2 is 1.90 bits per heavy atom. The summed E-state index contributed by atoms with van der Waals surface area (Å²) >= 11 is 1.54. The molecule has 2 aromatic rings. The fraction of sp³-hybridized carbons (Fsp3) is 0.286. The van der Waals surface area contributed by atoms with Crippen LogP contribution in [0.25, 0.3) is 0 Å².